The molecule has 0 spiro atoms. The van der Waals surface area contributed by atoms with Gasteiger partial charge in [0.2, 0.25) is 9.05 Å². The lowest BCUT2D eigenvalue weighted by Gasteiger charge is -2.17. The average Bonchev–Trinajstić information content (AvgIpc) is 2.37. The Labute approximate surface area is 122 Å². The summed E-state index contributed by atoms with van der Waals surface area (Å²) in [6.45, 7) is 0. The van der Waals surface area contributed by atoms with Gasteiger partial charge in [-0.15, -0.1) is 0 Å². The summed E-state index contributed by atoms with van der Waals surface area (Å²) in [6, 6.07) is 16.5. The summed E-state index contributed by atoms with van der Waals surface area (Å²) in [5.41, 5.74) is 1.64. The van der Waals surface area contributed by atoms with Gasteiger partial charge in [-0.05, 0) is 17.2 Å². The van der Waals surface area contributed by atoms with E-state index in [2.05, 4.69) is 0 Å². The van der Waals surface area contributed by atoms with Crippen molar-refractivity contribution in [3.63, 3.8) is 0 Å². The zero-order valence-corrected chi connectivity index (χ0v) is 12.3. The molecule has 2 rings (SSSR count). The quantitative estimate of drug-likeness (QED) is 0.798. The first-order chi connectivity index (χ1) is 8.97. The van der Waals surface area contributed by atoms with Crippen LogP contribution in [0.5, 0.6) is 0 Å². The zero-order chi connectivity index (χ0) is 13.9. The molecule has 0 aromatic heterocycles. The maximum atomic E-state index is 11.4. The average molecular weight is 315 g/mol. The molecular formula is C14H12Cl2O2S. The van der Waals surface area contributed by atoms with Gasteiger partial charge in [-0.2, -0.15) is 0 Å². The van der Waals surface area contributed by atoms with Crippen molar-refractivity contribution >= 4 is 31.3 Å². The fraction of sp³-hybridized carbons (Fsp3) is 0.143. The van der Waals surface area contributed by atoms with Crippen molar-refractivity contribution in [1.82, 2.24) is 0 Å². The lowest BCUT2D eigenvalue weighted by molar-refractivity contribution is 0.606. The predicted molar refractivity (Wildman–Crippen MR) is 79.4 cm³/mol. The summed E-state index contributed by atoms with van der Waals surface area (Å²) >= 11 is 6.16. The molecule has 2 aromatic rings. The van der Waals surface area contributed by atoms with E-state index in [1.165, 1.54) is 0 Å². The minimum Gasteiger partial charge on any atom is -0.212 e. The van der Waals surface area contributed by atoms with Crippen LogP contribution in [0.2, 0.25) is 5.02 Å². The normalized spacial score (nSPS) is 13.2. The molecule has 0 bridgehead atoms. The van der Waals surface area contributed by atoms with Gasteiger partial charge >= 0.3 is 0 Å². The maximum Gasteiger partial charge on any atom is 0.233 e. The molecule has 0 heterocycles. The summed E-state index contributed by atoms with van der Waals surface area (Å²) in [7, 11) is 1.79. The Morgan fingerprint density at radius 1 is 0.947 bits per heavy atom. The second-order valence-corrected chi connectivity index (χ2v) is 7.42. The van der Waals surface area contributed by atoms with Gasteiger partial charge < -0.3 is 0 Å². The summed E-state index contributed by atoms with van der Waals surface area (Å²) in [4.78, 5) is 0. The summed E-state index contributed by atoms with van der Waals surface area (Å²) in [6.07, 6.45) is 0. The highest BCUT2D eigenvalue weighted by Gasteiger charge is 2.22. The smallest absolute Gasteiger partial charge is 0.212 e. The van der Waals surface area contributed by atoms with Crippen molar-refractivity contribution in [3.05, 3.63) is 70.7 Å². The standard InChI is InChI=1S/C14H12Cl2O2S/c15-14-9-5-4-8-12(14)13(10-19(16,17)18)11-6-2-1-3-7-11/h1-9,13H,10H2/t13-/m1/s1. The van der Waals surface area contributed by atoms with Gasteiger partial charge in [0.05, 0.1) is 5.75 Å². The SMILES string of the molecule is O=S(=O)(Cl)C[C@H](c1ccccc1)c1ccccc1Cl. The van der Waals surface area contributed by atoms with Crippen molar-refractivity contribution in [2.24, 2.45) is 0 Å². The van der Waals surface area contributed by atoms with Gasteiger partial charge in [-0.25, -0.2) is 8.42 Å². The number of benzene rings is 2. The Kier molecular flexibility index (Phi) is 4.50. The van der Waals surface area contributed by atoms with E-state index in [0.29, 0.717) is 5.02 Å². The van der Waals surface area contributed by atoms with Crippen LogP contribution in [0.3, 0.4) is 0 Å². The third-order valence-electron chi connectivity index (χ3n) is 2.85. The lowest BCUT2D eigenvalue weighted by atomic mass is 9.93. The van der Waals surface area contributed by atoms with E-state index in [1.807, 2.05) is 48.5 Å². The summed E-state index contributed by atoms with van der Waals surface area (Å²) in [5, 5.41) is 0.539. The van der Waals surface area contributed by atoms with Crippen molar-refractivity contribution in [2.45, 2.75) is 5.92 Å². The Hall–Kier alpha value is -1.03. The molecule has 0 saturated heterocycles. The molecular weight excluding hydrogens is 303 g/mol. The molecule has 19 heavy (non-hydrogen) atoms. The Balaban J connectivity index is 2.50. The van der Waals surface area contributed by atoms with Crippen LogP contribution in [0.1, 0.15) is 17.0 Å². The van der Waals surface area contributed by atoms with E-state index in [-0.39, 0.29) is 11.7 Å². The predicted octanol–water partition coefficient (Wildman–Crippen LogP) is 4.04. The molecule has 0 saturated carbocycles. The van der Waals surface area contributed by atoms with E-state index in [1.54, 1.807) is 6.07 Å². The van der Waals surface area contributed by atoms with E-state index in [0.717, 1.165) is 11.1 Å². The summed E-state index contributed by atoms with van der Waals surface area (Å²) < 4.78 is 22.8. The molecule has 0 unspecified atom stereocenters. The van der Waals surface area contributed by atoms with Crippen molar-refractivity contribution < 1.29 is 8.42 Å². The van der Waals surface area contributed by atoms with Gasteiger partial charge in [0.15, 0.2) is 0 Å². The highest BCUT2D eigenvalue weighted by molar-refractivity contribution is 8.13. The first-order valence-electron chi connectivity index (χ1n) is 5.69. The molecule has 0 aliphatic rings. The minimum atomic E-state index is -3.62. The molecule has 0 aliphatic heterocycles. The Morgan fingerprint density at radius 3 is 2.11 bits per heavy atom. The highest BCUT2D eigenvalue weighted by atomic mass is 35.7. The number of halogens is 2. The molecule has 1 atom stereocenters. The minimum absolute atomic E-state index is 0.178. The lowest BCUT2D eigenvalue weighted by Crippen LogP contribution is -2.12. The van der Waals surface area contributed by atoms with Crippen LogP contribution >= 0.6 is 22.3 Å². The zero-order valence-electron chi connectivity index (χ0n) is 9.96. The van der Waals surface area contributed by atoms with E-state index in [9.17, 15) is 8.42 Å². The third-order valence-corrected chi connectivity index (χ3v) is 4.30. The van der Waals surface area contributed by atoms with Gasteiger partial charge in [0, 0.05) is 21.6 Å². The van der Waals surface area contributed by atoms with Crippen LogP contribution in [-0.2, 0) is 9.05 Å². The highest BCUT2D eigenvalue weighted by Crippen LogP contribution is 2.32. The molecule has 0 aliphatic carbocycles. The molecule has 2 aromatic carbocycles. The summed E-state index contributed by atoms with van der Waals surface area (Å²) in [5.74, 6) is -0.542. The molecule has 5 heteroatoms. The van der Waals surface area contributed by atoms with E-state index in [4.69, 9.17) is 22.3 Å². The van der Waals surface area contributed by atoms with Gasteiger partial charge in [-0.1, -0.05) is 60.1 Å². The van der Waals surface area contributed by atoms with E-state index >= 15 is 0 Å². The second-order valence-electron chi connectivity index (χ2n) is 4.19. The second kappa shape index (κ2) is 5.95. The number of rotatable bonds is 4. The van der Waals surface area contributed by atoms with Crippen molar-refractivity contribution in [1.29, 1.82) is 0 Å². The largest absolute Gasteiger partial charge is 0.233 e. The van der Waals surface area contributed by atoms with Crippen LogP contribution in [0.15, 0.2) is 54.6 Å². The number of hydrogen-bond acceptors (Lipinski definition) is 2. The molecule has 100 valence electrons. The van der Waals surface area contributed by atoms with Gasteiger partial charge in [0.25, 0.3) is 0 Å². The van der Waals surface area contributed by atoms with Crippen LogP contribution in [0.4, 0.5) is 0 Å². The van der Waals surface area contributed by atoms with Gasteiger partial charge in [-0.3, -0.25) is 0 Å². The molecule has 2 nitrogen and oxygen atoms in total. The van der Waals surface area contributed by atoms with Crippen LogP contribution in [0.25, 0.3) is 0 Å². The first kappa shape index (κ1) is 14.4. The maximum absolute atomic E-state index is 11.4. The van der Waals surface area contributed by atoms with Crippen molar-refractivity contribution in [3.8, 4) is 0 Å². The van der Waals surface area contributed by atoms with Crippen LogP contribution in [-0.4, -0.2) is 14.2 Å². The molecule has 0 N–H and O–H groups in total. The van der Waals surface area contributed by atoms with E-state index < -0.39 is 9.05 Å². The third kappa shape index (κ3) is 3.96. The molecule has 0 radical (unpaired) electrons. The first-order valence-corrected chi connectivity index (χ1v) is 8.55. The Morgan fingerprint density at radius 2 is 1.53 bits per heavy atom. The van der Waals surface area contributed by atoms with Crippen LogP contribution in [0, 0.1) is 0 Å². The Bertz CT molecular complexity index is 654. The van der Waals surface area contributed by atoms with Crippen LogP contribution < -0.4 is 0 Å². The topological polar surface area (TPSA) is 34.1 Å². The fourth-order valence-corrected chi connectivity index (χ4v) is 3.42. The molecule has 0 amide bonds. The molecule has 0 fully saturated rings. The van der Waals surface area contributed by atoms with Gasteiger partial charge in [0.1, 0.15) is 0 Å². The van der Waals surface area contributed by atoms with Crippen molar-refractivity contribution in [2.75, 3.05) is 5.75 Å². The number of hydrogen-bond donors (Lipinski definition) is 0. The monoisotopic (exact) mass is 314 g/mol. The fourth-order valence-electron chi connectivity index (χ4n) is 2.01.